The van der Waals surface area contributed by atoms with Crippen LogP contribution in [0.1, 0.15) is 17.0 Å². The van der Waals surface area contributed by atoms with Crippen LogP contribution in [-0.4, -0.2) is 19.6 Å². The van der Waals surface area contributed by atoms with E-state index in [0.717, 1.165) is 33.9 Å². The number of halogens is 2. The third-order valence-corrected chi connectivity index (χ3v) is 5.13. The maximum Gasteiger partial charge on any atom is 0.123 e. The molecule has 0 unspecified atom stereocenters. The Morgan fingerprint density at radius 3 is 2.48 bits per heavy atom. The fraction of sp³-hybridized carbons (Fsp3) is 0.182. The molecule has 148 valence electrons. The predicted molar refractivity (Wildman–Crippen MR) is 112 cm³/mol. The van der Waals surface area contributed by atoms with Crippen molar-refractivity contribution in [3.05, 3.63) is 88.6 Å². The van der Waals surface area contributed by atoms with E-state index in [-0.39, 0.29) is 5.82 Å². The third kappa shape index (κ3) is 4.23. The van der Waals surface area contributed by atoms with Crippen molar-refractivity contribution in [1.29, 1.82) is 0 Å². The molecule has 0 radical (unpaired) electrons. The predicted octanol–water partition coefficient (Wildman–Crippen LogP) is 4.66. The van der Waals surface area contributed by atoms with Crippen molar-refractivity contribution in [2.45, 2.75) is 20.0 Å². The van der Waals surface area contributed by atoms with Gasteiger partial charge in [0.05, 0.1) is 22.1 Å². The van der Waals surface area contributed by atoms with E-state index in [2.05, 4.69) is 16.5 Å². The highest BCUT2D eigenvalue weighted by atomic mass is 35.5. The molecule has 2 aromatic carbocycles. The Balaban J connectivity index is 1.63. The molecule has 0 aliphatic rings. The van der Waals surface area contributed by atoms with E-state index in [1.165, 1.54) is 12.1 Å². The highest BCUT2D eigenvalue weighted by Gasteiger charge is 2.15. The Kier molecular flexibility index (Phi) is 5.47. The lowest BCUT2D eigenvalue weighted by Gasteiger charge is -2.05. The first-order chi connectivity index (χ1) is 14.0. The highest BCUT2D eigenvalue weighted by molar-refractivity contribution is 6.33. The zero-order valence-electron chi connectivity index (χ0n) is 16.2. The van der Waals surface area contributed by atoms with Gasteiger partial charge in [0.25, 0.3) is 0 Å². The number of nitrogens with one attached hydrogen (secondary N) is 1. The van der Waals surface area contributed by atoms with Gasteiger partial charge in [-0.25, -0.2) is 9.07 Å². The maximum atomic E-state index is 13.3. The van der Waals surface area contributed by atoms with Gasteiger partial charge in [0.2, 0.25) is 0 Å². The quantitative estimate of drug-likeness (QED) is 0.503. The molecule has 5 nitrogen and oxygen atoms in total. The van der Waals surface area contributed by atoms with Crippen LogP contribution in [0, 0.1) is 12.7 Å². The van der Waals surface area contributed by atoms with E-state index in [4.69, 9.17) is 16.7 Å². The molecule has 0 amide bonds. The lowest BCUT2D eigenvalue weighted by atomic mass is 10.1. The largest absolute Gasteiger partial charge is 0.307 e. The normalized spacial score (nSPS) is 11.2. The fourth-order valence-corrected chi connectivity index (χ4v) is 3.42. The van der Waals surface area contributed by atoms with E-state index >= 15 is 0 Å². The Bertz CT molecular complexity index is 1110. The first kappa shape index (κ1) is 19.4. The van der Waals surface area contributed by atoms with Crippen molar-refractivity contribution in [2.24, 2.45) is 7.05 Å². The second-order valence-corrected chi connectivity index (χ2v) is 7.32. The van der Waals surface area contributed by atoms with Crippen molar-refractivity contribution < 1.29 is 4.39 Å². The standard InChI is InChI=1S/C22H21ClFN5/c1-15-11-18(26-28(15)2)13-25-12-16-14-29(19-9-7-17(24)8-10-19)27-22(16)20-5-3-4-6-21(20)23/h3-11,14,25H,12-13H2,1-2H3. The van der Waals surface area contributed by atoms with Gasteiger partial charge in [0, 0.05) is 43.2 Å². The van der Waals surface area contributed by atoms with Gasteiger partial charge in [-0.3, -0.25) is 4.68 Å². The van der Waals surface area contributed by atoms with Crippen LogP contribution in [0.3, 0.4) is 0 Å². The van der Waals surface area contributed by atoms with Crippen molar-refractivity contribution in [3.63, 3.8) is 0 Å². The van der Waals surface area contributed by atoms with Crippen molar-refractivity contribution >= 4 is 11.6 Å². The molecule has 4 rings (SSSR count). The monoisotopic (exact) mass is 409 g/mol. The topological polar surface area (TPSA) is 47.7 Å². The number of hydrogen-bond donors (Lipinski definition) is 1. The van der Waals surface area contributed by atoms with Crippen LogP contribution in [0.4, 0.5) is 4.39 Å². The molecule has 0 saturated carbocycles. The van der Waals surface area contributed by atoms with Gasteiger partial charge in [-0.15, -0.1) is 0 Å². The molecule has 0 aliphatic heterocycles. The summed E-state index contributed by atoms with van der Waals surface area (Å²) in [6.07, 6.45) is 1.95. The second kappa shape index (κ2) is 8.19. The maximum absolute atomic E-state index is 13.3. The molecule has 0 atom stereocenters. The molecule has 0 aliphatic carbocycles. The minimum Gasteiger partial charge on any atom is -0.307 e. The Hall–Kier alpha value is -2.96. The number of aryl methyl sites for hydroxylation is 2. The Morgan fingerprint density at radius 2 is 1.79 bits per heavy atom. The SMILES string of the molecule is Cc1cc(CNCc2cn(-c3ccc(F)cc3)nc2-c2ccccc2Cl)nn1C. The van der Waals surface area contributed by atoms with Crippen LogP contribution in [-0.2, 0) is 20.1 Å². The third-order valence-electron chi connectivity index (χ3n) is 4.80. The first-order valence-electron chi connectivity index (χ1n) is 9.31. The zero-order valence-corrected chi connectivity index (χ0v) is 17.0. The minimum atomic E-state index is -0.278. The van der Waals surface area contributed by atoms with Crippen LogP contribution in [0.2, 0.25) is 5.02 Å². The van der Waals surface area contributed by atoms with Crippen molar-refractivity contribution in [3.8, 4) is 16.9 Å². The summed E-state index contributed by atoms with van der Waals surface area (Å²) < 4.78 is 16.9. The van der Waals surface area contributed by atoms with E-state index in [1.807, 2.05) is 49.1 Å². The van der Waals surface area contributed by atoms with Gasteiger partial charge in [0.1, 0.15) is 5.82 Å². The molecule has 2 aromatic heterocycles. The summed E-state index contributed by atoms with van der Waals surface area (Å²) in [4.78, 5) is 0. The van der Waals surface area contributed by atoms with Crippen LogP contribution in [0.15, 0.2) is 60.8 Å². The summed E-state index contributed by atoms with van der Waals surface area (Å²) in [5, 5.41) is 13.3. The number of benzene rings is 2. The van der Waals surface area contributed by atoms with E-state index in [1.54, 1.807) is 16.8 Å². The summed E-state index contributed by atoms with van der Waals surface area (Å²) in [6.45, 7) is 3.27. The molecule has 0 spiro atoms. The lowest BCUT2D eigenvalue weighted by molar-refractivity contribution is 0.627. The molecule has 7 heteroatoms. The summed E-state index contributed by atoms with van der Waals surface area (Å²) in [5.41, 5.74) is 5.53. The molecule has 2 heterocycles. The number of hydrogen-bond acceptors (Lipinski definition) is 3. The average molecular weight is 410 g/mol. The molecule has 1 N–H and O–H groups in total. The Morgan fingerprint density at radius 1 is 1.03 bits per heavy atom. The molecule has 0 saturated heterocycles. The van der Waals surface area contributed by atoms with Gasteiger partial charge in [-0.1, -0.05) is 29.8 Å². The fourth-order valence-electron chi connectivity index (χ4n) is 3.19. The molecule has 4 aromatic rings. The highest BCUT2D eigenvalue weighted by Crippen LogP contribution is 2.30. The minimum absolute atomic E-state index is 0.278. The zero-order chi connectivity index (χ0) is 20.4. The van der Waals surface area contributed by atoms with Crippen LogP contribution < -0.4 is 5.32 Å². The van der Waals surface area contributed by atoms with Crippen LogP contribution in [0.25, 0.3) is 16.9 Å². The molecular weight excluding hydrogens is 389 g/mol. The molecule has 0 bridgehead atoms. The molecule has 29 heavy (non-hydrogen) atoms. The number of aromatic nitrogens is 4. The van der Waals surface area contributed by atoms with E-state index < -0.39 is 0 Å². The smallest absolute Gasteiger partial charge is 0.123 e. The first-order valence-corrected chi connectivity index (χ1v) is 9.68. The van der Waals surface area contributed by atoms with Gasteiger partial charge < -0.3 is 5.32 Å². The van der Waals surface area contributed by atoms with Crippen LogP contribution >= 0.6 is 11.6 Å². The van der Waals surface area contributed by atoms with Gasteiger partial charge in [-0.2, -0.15) is 10.2 Å². The van der Waals surface area contributed by atoms with E-state index in [0.29, 0.717) is 18.1 Å². The molecule has 0 fully saturated rings. The van der Waals surface area contributed by atoms with Crippen LogP contribution in [0.5, 0.6) is 0 Å². The molecular formula is C22H21ClFN5. The van der Waals surface area contributed by atoms with Gasteiger partial charge in [-0.05, 0) is 43.3 Å². The van der Waals surface area contributed by atoms with Gasteiger partial charge in [0.15, 0.2) is 0 Å². The Labute approximate surface area is 173 Å². The van der Waals surface area contributed by atoms with Crippen molar-refractivity contribution in [1.82, 2.24) is 24.9 Å². The number of nitrogens with zero attached hydrogens (tertiary/aromatic N) is 4. The van der Waals surface area contributed by atoms with Gasteiger partial charge >= 0.3 is 0 Å². The lowest BCUT2D eigenvalue weighted by Crippen LogP contribution is -2.13. The summed E-state index contributed by atoms with van der Waals surface area (Å²) >= 11 is 6.42. The second-order valence-electron chi connectivity index (χ2n) is 6.91. The average Bonchev–Trinajstić information content (AvgIpc) is 3.26. The van der Waals surface area contributed by atoms with E-state index in [9.17, 15) is 4.39 Å². The summed E-state index contributed by atoms with van der Waals surface area (Å²) in [6, 6.07) is 15.9. The summed E-state index contributed by atoms with van der Waals surface area (Å²) in [7, 11) is 1.93. The summed E-state index contributed by atoms with van der Waals surface area (Å²) in [5.74, 6) is -0.278. The number of rotatable bonds is 6. The van der Waals surface area contributed by atoms with Crippen molar-refractivity contribution in [2.75, 3.05) is 0 Å².